The Hall–Kier alpha value is -2.97. The van der Waals surface area contributed by atoms with Crippen molar-refractivity contribution in [1.29, 1.82) is 0 Å². The van der Waals surface area contributed by atoms with Crippen LogP contribution in [0.4, 0.5) is 14.5 Å². The molecule has 0 saturated carbocycles. The number of ether oxygens (including phenoxy) is 1. The summed E-state index contributed by atoms with van der Waals surface area (Å²) >= 11 is 5.92. The first kappa shape index (κ1) is 22.7. The lowest BCUT2D eigenvalue weighted by Crippen LogP contribution is -2.13. The second-order valence-corrected chi connectivity index (χ2v) is 9.13. The lowest BCUT2D eigenvalue weighted by molar-refractivity contribution is -0.0503. The molecule has 9 heteroatoms. The highest BCUT2D eigenvalue weighted by Gasteiger charge is 2.17. The van der Waals surface area contributed by atoms with Crippen molar-refractivity contribution in [2.45, 2.75) is 17.9 Å². The Morgan fingerprint density at radius 3 is 2.42 bits per heavy atom. The van der Waals surface area contributed by atoms with Gasteiger partial charge in [-0.3, -0.25) is 4.79 Å². The SMILES string of the molecule is CS(=O)(=O)c1cc(C(=O)Nc2ccc(OC(F)F)c(Cc3ccccc3)c2)ccc1Cl. The summed E-state index contributed by atoms with van der Waals surface area (Å²) in [4.78, 5) is 12.5. The molecule has 0 spiro atoms. The third kappa shape index (κ3) is 6.02. The molecule has 0 bridgehead atoms. The zero-order valence-electron chi connectivity index (χ0n) is 16.3. The van der Waals surface area contributed by atoms with Crippen LogP contribution < -0.4 is 10.1 Å². The highest BCUT2D eigenvalue weighted by Crippen LogP contribution is 2.28. The maximum atomic E-state index is 12.8. The number of benzene rings is 3. The summed E-state index contributed by atoms with van der Waals surface area (Å²) in [5.41, 5.74) is 1.76. The smallest absolute Gasteiger partial charge is 0.387 e. The zero-order valence-corrected chi connectivity index (χ0v) is 17.9. The number of hydrogen-bond donors (Lipinski definition) is 1. The highest BCUT2D eigenvalue weighted by atomic mass is 35.5. The molecule has 0 radical (unpaired) electrons. The van der Waals surface area contributed by atoms with Crippen LogP contribution in [0, 0.1) is 0 Å². The van der Waals surface area contributed by atoms with E-state index in [9.17, 15) is 22.0 Å². The average Bonchev–Trinajstić information content (AvgIpc) is 2.70. The molecule has 0 aliphatic rings. The maximum absolute atomic E-state index is 12.8. The molecule has 5 nitrogen and oxygen atoms in total. The van der Waals surface area contributed by atoms with E-state index in [1.54, 1.807) is 0 Å². The molecule has 0 unspecified atom stereocenters. The number of alkyl halides is 2. The molecule has 1 amide bonds. The summed E-state index contributed by atoms with van der Waals surface area (Å²) in [6, 6.07) is 17.4. The van der Waals surface area contributed by atoms with E-state index >= 15 is 0 Å². The van der Waals surface area contributed by atoms with E-state index in [4.69, 9.17) is 11.6 Å². The molecular weight excluding hydrogens is 448 g/mol. The number of nitrogens with one attached hydrogen (secondary N) is 1. The minimum absolute atomic E-state index is 0.00251. The first-order chi connectivity index (χ1) is 14.6. The molecule has 0 aliphatic carbocycles. The van der Waals surface area contributed by atoms with Crippen LogP contribution in [-0.2, 0) is 16.3 Å². The molecule has 31 heavy (non-hydrogen) atoms. The Kier molecular flexibility index (Phi) is 6.92. The van der Waals surface area contributed by atoms with Crippen LogP contribution in [0.15, 0.2) is 71.6 Å². The van der Waals surface area contributed by atoms with E-state index in [-0.39, 0.29) is 21.2 Å². The van der Waals surface area contributed by atoms with Gasteiger partial charge in [-0.1, -0.05) is 41.9 Å². The molecule has 3 aromatic carbocycles. The topological polar surface area (TPSA) is 72.5 Å². The number of amides is 1. The lowest BCUT2D eigenvalue weighted by Gasteiger charge is -2.14. The van der Waals surface area contributed by atoms with Crippen LogP contribution in [0.5, 0.6) is 5.75 Å². The standard InChI is InChI=1S/C22H18ClF2NO4S/c1-31(28,29)20-13-15(7-9-18(20)23)21(27)26-17-8-10-19(30-22(24)25)16(12-17)11-14-5-3-2-4-6-14/h2-10,12-13,22H,11H2,1H3,(H,26,27). The largest absolute Gasteiger partial charge is 0.435 e. The average molecular weight is 466 g/mol. The number of anilines is 1. The number of carbonyl (C=O) groups excluding carboxylic acids is 1. The van der Waals surface area contributed by atoms with Crippen LogP contribution in [0.2, 0.25) is 5.02 Å². The fraction of sp³-hybridized carbons (Fsp3) is 0.136. The molecule has 162 valence electrons. The van der Waals surface area contributed by atoms with Gasteiger partial charge in [0.2, 0.25) is 0 Å². The predicted octanol–water partition coefficient (Wildman–Crippen LogP) is 5.19. The Morgan fingerprint density at radius 2 is 1.77 bits per heavy atom. The van der Waals surface area contributed by atoms with Gasteiger partial charge < -0.3 is 10.1 Å². The fourth-order valence-corrected chi connectivity index (χ4v) is 4.26. The second kappa shape index (κ2) is 9.45. The van der Waals surface area contributed by atoms with Gasteiger partial charge in [0.25, 0.3) is 5.91 Å². The Morgan fingerprint density at radius 1 is 1.06 bits per heavy atom. The first-order valence-electron chi connectivity index (χ1n) is 9.06. The summed E-state index contributed by atoms with van der Waals surface area (Å²) in [6.07, 6.45) is 1.30. The Labute approximate surface area is 183 Å². The fourth-order valence-electron chi connectivity index (χ4n) is 2.95. The number of sulfone groups is 1. The van der Waals surface area contributed by atoms with Crippen LogP contribution in [0.1, 0.15) is 21.5 Å². The normalized spacial score (nSPS) is 11.4. The molecule has 3 aromatic rings. The predicted molar refractivity (Wildman–Crippen MR) is 115 cm³/mol. The van der Waals surface area contributed by atoms with Gasteiger partial charge in [-0.2, -0.15) is 8.78 Å². The highest BCUT2D eigenvalue weighted by molar-refractivity contribution is 7.90. The van der Waals surface area contributed by atoms with E-state index in [1.807, 2.05) is 30.3 Å². The van der Waals surface area contributed by atoms with Crippen LogP contribution in [-0.4, -0.2) is 27.2 Å². The van der Waals surface area contributed by atoms with Gasteiger partial charge in [0, 0.05) is 29.5 Å². The summed E-state index contributed by atoms with van der Waals surface area (Å²) in [6.45, 7) is -2.99. The Balaban J connectivity index is 1.89. The van der Waals surface area contributed by atoms with Gasteiger partial charge in [-0.15, -0.1) is 0 Å². The molecule has 0 saturated heterocycles. The van der Waals surface area contributed by atoms with E-state index in [0.717, 1.165) is 11.8 Å². The minimum atomic E-state index is -3.62. The summed E-state index contributed by atoms with van der Waals surface area (Å²) < 4.78 is 53.9. The molecule has 0 heterocycles. The maximum Gasteiger partial charge on any atom is 0.387 e. The number of halogens is 3. The van der Waals surface area contributed by atoms with Crippen molar-refractivity contribution in [1.82, 2.24) is 0 Å². The first-order valence-corrected chi connectivity index (χ1v) is 11.3. The van der Waals surface area contributed by atoms with Crippen molar-refractivity contribution in [3.8, 4) is 5.75 Å². The van der Waals surface area contributed by atoms with E-state index in [1.165, 1.54) is 36.4 Å². The second-order valence-electron chi connectivity index (χ2n) is 6.73. The van der Waals surface area contributed by atoms with Gasteiger partial charge in [0.1, 0.15) is 5.75 Å². The minimum Gasteiger partial charge on any atom is -0.435 e. The lowest BCUT2D eigenvalue weighted by atomic mass is 10.0. The van der Waals surface area contributed by atoms with Gasteiger partial charge in [-0.25, -0.2) is 8.42 Å². The van der Waals surface area contributed by atoms with Crippen LogP contribution >= 0.6 is 11.6 Å². The van der Waals surface area contributed by atoms with Gasteiger partial charge in [0.05, 0.1) is 9.92 Å². The van der Waals surface area contributed by atoms with E-state index in [0.29, 0.717) is 17.7 Å². The molecule has 0 fully saturated rings. The third-order valence-corrected chi connectivity index (χ3v) is 5.94. The molecule has 0 aromatic heterocycles. The number of hydrogen-bond acceptors (Lipinski definition) is 4. The monoisotopic (exact) mass is 465 g/mol. The van der Waals surface area contributed by atoms with Crippen molar-refractivity contribution in [3.05, 3.63) is 88.4 Å². The molecular formula is C22H18ClF2NO4S. The van der Waals surface area contributed by atoms with Crippen LogP contribution in [0.25, 0.3) is 0 Å². The zero-order chi connectivity index (χ0) is 22.6. The summed E-state index contributed by atoms with van der Waals surface area (Å²) in [5.74, 6) is -0.572. The Bertz CT molecular complexity index is 1200. The number of carbonyl (C=O) groups is 1. The quantitative estimate of drug-likeness (QED) is 0.521. The van der Waals surface area contributed by atoms with E-state index < -0.39 is 22.4 Å². The molecule has 1 N–H and O–H groups in total. The van der Waals surface area contributed by atoms with Crippen LogP contribution in [0.3, 0.4) is 0 Å². The van der Waals surface area contributed by atoms with Crippen molar-refractivity contribution in [2.24, 2.45) is 0 Å². The van der Waals surface area contributed by atoms with Crippen molar-refractivity contribution < 1.29 is 26.7 Å². The molecule has 3 rings (SSSR count). The summed E-state index contributed by atoms with van der Waals surface area (Å²) in [5, 5.41) is 2.65. The number of rotatable bonds is 7. The van der Waals surface area contributed by atoms with Crippen molar-refractivity contribution in [2.75, 3.05) is 11.6 Å². The van der Waals surface area contributed by atoms with Crippen molar-refractivity contribution >= 4 is 33.0 Å². The third-order valence-electron chi connectivity index (χ3n) is 4.36. The van der Waals surface area contributed by atoms with Gasteiger partial charge >= 0.3 is 6.61 Å². The molecule has 0 atom stereocenters. The molecule has 0 aliphatic heterocycles. The van der Waals surface area contributed by atoms with Gasteiger partial charge in [-0.05, 0) is 42.0 Å². The summed E-state index contributed by atoms with van der Waals surface area (Å²) in [7, 11) is -3.62. The van der Waals surface area contributed by atoms with E-state index in [2.05, 4.69) is 10.1 Å². The van der Waals surface area contributed by atoms with Crippen molar-refractivity contribution in [3.63, 3.8) is 0 Å². The van der Waals surface area contributed by atoms with Gasteiger partial charge in [0.15, 0.2) is 9.84 Å².